The summed E-state index contributed by atoms with van der Waals surface area (Å²) in [5, 5.41) is 16.6. The summed E-state index contributed by atoms with van der Waals surface area (Å²) in [6.07, 6.45) is 1.81. The standard InChI is InChI=1S/C11H10Br2N4O2/c12-6-1-2-10(8(13)3-6)17-5-7(15-16-17)4-9(14)11(18)19/h1-3,5,9H,4,14H2,(H,18,19). The van der Waals surface area contributed by atoms with Crippen LogP contribution >= 0.6 is 31.9 Å². The monoisotopic (exact) mass is 388 g/mol. The number of benzene rings is 1. The van der Waals surface area contributed by atoms with Crippen molar-refractivity contribution in [2.45, 2.75) is 12.5 Å². The van der Waals surface area contributed by atoms with E-state index in [4.69, 9.17) is 10.8 Å². The van der Waals surface area contributed by atoms with Gasteiger partial charge in [0.05, 0.1) is 17.6 Å². The second kappa shape index (κ2) is 5.81. The Hall–Kier alpha value is -1.25. The van der Waals surface area contributed by atoms with Gasteiger partial charge in [0.15, 0.2) is 0 Å². The molecule has 0 aliphatic heterocycles. The smallest absolute Gasteiger partial charge is 0.320 e. The van der Waals surface area contributed by atoms with Crippen molar-refractivity contribution in [3.8, 4) is 5.69 Å². The number of aromatic nitrogens is 3. The SMILES string of the molecule is NC(Cc1cn(-c2ccc(Br)cc2Br)nn1)C(=O)O. The first-order valence-electron chi connectivity index (χ1n) is 5.32. The number of halogens is 2. The molecule has 2 aromatic rings. The lowest BCUT2D eigenvalue weighted by Gasteiger charge is -2.04. The van der Waals surface area contributed by atoms with Gasteiger partial charge in [-0.15, -0.1) is 5.10 Å². The van der Waals surface area contributed by atoms with Crippen LogP contribution in [0.15, 0.2) is 33.3 Å². The molecule has 1 heterocycles. The summed E-state index contributed by atoms with van der Waals surface area (Å²) in [6.45, 7) is 0. The van der Waals surface area contributed by atoms with E-state index in [9.17, 15) is 4.79 Å². The average molecular weight is 390 g/mol. The molecule has 19 heavy (non-hydrogen) atoms. The topological polar surface area (TPSA) is 94.0 Å². The zero-order valence-corrected chi connectivity index (χ0v) is 12.8. The minimum Gasteiger partial charge on any atom is -0.480 e. The number of hydrogen-bond acceptors (Lipinski definition) is 4. The van der Waals surface area contributed by atoms with E-state index < -0.39 is 12.0 Å². The normalized spacial score (nSPS) is 12.4. The maximum atomic E-state index is 10.7. The number of nitrogens with two attached hydrogens (primary N) is 1. The summed E-state index contributed by atoms with van der Waals surface area (Å²) in [4.78, 5) is 10.7. The van der Waals surface area contributed by atoms with Crippen LogP contribution in [-0.2, 0) is 11.2 Å². The second-order valence-corrected chi connectivity index (χ2v) is 5.67. The van der Waals surface area contributed by atoms with Crippen molar-refractivity contribution in [1.82, 2.24) is 15.0 Å². The highest BCUT2D eigenvalue weighted by molar-refractivity contribution is 9.11. The lowest BCUT2D eigenvalue weighted by atomic mass is 10.2. The number of carboxylic acids is 1. The van der Waals surface area contributed by atoms with Gasteiger partial charge in [0.2, 0.25) is 0 Å². The van der Waals surface area contributed by atoms with Crippen LogP contribution in [0.1, 0.15) is 5.69 Å². The van der Waals surface area contributed by atoms with Crippen LogP contribution in [0.2, 0.25) is 0 Å². The third-order valence-corrected chi connectivity index (χ3v) is 3.57. The Labute approximate surface area is 125 Å². The van der Waals surface area contributed by atoms with Gasteiger partial charge in [-0.25, -0.2) is 4.68 Å². The number of rotatable bonds is 4. The minimum atomic E-state index is -1.06. The molecule has 0 amide bonds. The van der Waals surface area contributed by atoms with Gasteiger partial charge in [0, 0.05) is 15.4 Å². The van der Waals surface area contributed by atoms with E-state index in [0.29, 0.717) is 5.69 Å². The molecule has 0 saturated carbocycles. The number of carbonyl (C=O) groups is 1. The van der Waals surface area contributed by atoms with Crippen LogP contribution in [-0.4, -0.2) is 32.1 Å². The summed E-state index contributed by atoms with van der Waals surface area (Å²) in [7, 11) is 0. The molecule has 0 fully saturated rings. The molecule has 0 aliphatic rings. The average Bonchev–Trinajstić information content (AvgIpc) is 2.77. The maximum absolute atomic E-state index is 10.7. The Morgan fingerprint density at radius 1 is 1.47 bits per heavy atom. The van der Waals surface area contributed by atoms with E-state index in [-0.39, 0.29) is 6.42 Å². The number of nitrogens with zero attached hydrogens (tertiary/aromatic N) is 3. The molecule has 0 bridgehead atoms. The molecule has 0 saturated heterocycles. The van der Waals surface area contributed by atoms with Crippen molar-refractivity contribution in [1.29, 1.82) is 0 Å². The molecule has 8 heteroatoms. The molecular weight excluding hydrogens is 380 g/mol. The first-order valence-corrected chi connectivity index (χ1v) is 6.91. The zero-order valence-electron chi connectivity index (χ0n) is 9.62. The summed E-state index contributed by atoms with van der Waals surface area (Å²) in [5.41, 5.74) is 6.80. The molecule has 0 spiro atoms. The molecule has 0 aliphatic carbocycles. The van der Waals surface area contributed by atoms with Crippen LogP contribution in [0.4, 0.5) is 0 Å². The number of carboxylic acid groups (broad SMARTS) is 1. The summed E-state index contributed by atoms with van der Waals surface area (Å²) in [6, 6.07) is 4.66. The van der Waals surface area contributed by atoms with E-state index in [1.54, 1.807) is 10.9 Å². The van der Waals surface area contributed by atoms with Crippen LogP contribution in [0.3, 0.4) is 0 Å². The molecule has 0 radical (unpaired) electrons. The number of aliphatic carboxylic acids is 1. The van der Waals surface area contributed by atoms with Crippen LogP contribution < -0.4 is 5.73 Å². The third kappa shape index (κ3) is 3.40. The first-order chi connectivity index (χ1) is 8.97. The van der Waals surface area contributed by atoms with E-state index >= 15 is 0 Å². The first kappa shape index (κ1) is 14.2. The molecule has 6 nitrogen and oxygen atoms in total. The molecule has 2 rings (SSSR count). The Balaban J connectivity index is 2.23. The Morgan fingerprint density at radius 3 is 2.84 bits per heavy atom. The maximum Gasteiger partial charge on any atom is 0.320 e. The summed E-state index contributed by atoms with van der Waals surface area (Å²) in [5.74, 6) is -1.06. The highest BCUT2D eigenvalue weighted by Gasteiger charge is 2.15. The molecule has 1 aromatic heterocycles. The lowest BCUT2D eigenvalue weighted by molar-refractivity contribution is -0.138. The van der Waals surface area contributed by atoms with Crippen molar-refractivity contribution in [2.75, 3.05) is 0 Å². The van der Waals surface area contributed by atoms with Gasteiger partial charge in [-0.1, -0.05) is 21.1 Å². The lowest BCUT2D eigenvalue weighted by Crippen LogP contribution is -2.32. The molecule has 1 unspecified atom stereocenters. The second-order valence-electron chi connectivity index (χ2n) is 3.90. The Morgan fingerprint density at radius 2 is 2.21 bits per heavy atom. The van der Waals surface area contributed by atoms with Gasteiger partial charge in [-0.3, -0.25) is 4.79 Å². The Bertz CT molecular complexity index is 614. The molecule has 100 valence electrons. The fourth-order valence-corrected chi connectivity index (χ4v) is 2.72. The van der Waals surface area contributed by atoms with E-state index in [0.717, 1.165) is 14.6 Å². The van der Waals surface area contributed by atoms with E-state index in [1.807, 2.05) is 18.2 Å². The van der Waals surface area contributed by atoms with Gasteiger partial charge >= 0.3 is 5.97 Å². The predicted octanol–water partition coefficient (Wildman–Crippen LogP) is 1.75. The van der Waals surface area contributed by atoms with Crippen molar-refractivity contribution < 1.29 is 9.90 Å². The third-order valence-electron chi connectivity index (χ3n) is 2.44. The van der Waals surface area contributed by atoms with Crippen LogP contribution in [0.5, 0.6) is 0 Å². The van der Waals surface area contributed by atoms with Crippen molar-refractivity contribution in [3.63, 3.8) is 0 Å². The minimum absolute atomic E-state index is 0.142. The van der Waals surface area contributed by atoms with Crippen LogP contribution in [0, 0.1) is 0 Å². The fraction of sp³-hybridized carbons (Fsp3) is 0.182. The highest BCUT2D eigenvalue weighted by atomic mass is 79.9. The van der Waals surface area contributed by atoms with E-state index in [1.165, 1.54) is 0 Å². The molecule has 3 N–H and O–H groups in total. The molecule has 1 aromatic carbocycles. The van der Waals surface area contributed by atoms with Crippen molar-refractivity contribution in [2.24, 2.45) is 5.73 Å². The fourth-order valence-electron chi connectivity index (χ4n) is 1.49. The molecular formula is C11H10Br2N4O2. The highest BCUT2D eigenvalue weighted by Crippen LogP contribution is 2.24. The predicted molar refractivity (Wildman–Crippen MR) is 76.1 cm³/mol. The van der Waals surface area contributed by atoms with Crippen molar-refractivity contribution >= 4 is 37.8 Å². The van der Waals surface area contributed by atoms with E-state index in [2.05, 4.69) is 42.2 Å². The Kier molecular flexibility index (Phi) is 4.33. The van der Waals surface area contributed by atoms with Gasteiger partial charge in [-0.05, 0) is 34.1 Å². The summed E-state index contributed by atoms with van der Waals surface area (Å²) >= 11 is 6.80. The zero-order chi connectivity index (χ0) is 14.0. The van der Waals surface area contributed by atoms with Gasteiger partial charge < -0.3 is 10.8 Å². The molecule has 1 atom stereocenters. The van der Waals surface area contributed by atoms with Crippen molar-refractivity contribution in [3.05, 3.63) is 39.0 Å². The van der Waals surface area contributed by atoms with Gasteiger partial charge in [0.25, 0.3) is 0 Å². The quantitative estimate of drug-likeness (QED) is 0.830. The van der Waals surface area contributed by atoms with Gasteiger partial charge in [-0.2, -0.15) is 0 Å². The van der Waals surface area contributed by atoms with Gasteiger partial charge in [0.1, 0.15) is 6.04 Å². The summed E-state index contributed by atoms with van der Waals surface area (Å²) < 4.78 is 3.36. The largest absolute Gasteiger partial charge is 0.480 e. The number of hydrogen-bond donors (Lipinski definition) is 2. The van der Waals surface area contributed by atoms with Crippen LogP contribution in [0.25, 0.3) is 5.69 Å².